The Kier molecular flexibility index (Phi) is 2.37. The van der Waals surface area contributed by atoms with E-state index < -0.39 is 5.97 Å². The molecule has 0 aliphatic rings. The Balaban J connectivity index is 3.25. The van der Waals surface area contributed by atoms with E-state index in [9.17, 15) is 4.79 Å². The van der Waals surface area contributed by atoms with E-state index in [0.29, 0.717) is 10.6 Å². The van der Waals surface area contributed by atoms with Crippen LogP contribution in [0.15, 0.2) is 18.2 Å². The van der Waals surface area contributed by atoms with Crippen molar-refractivity contribution in [3.8, 4) is 12.3 Å². The van der Waals surface area contributed by atoms with Crippen LogP contribution in [-0.2, 0) is 0 Å². The first-order chi connectivity index (χ1) is 5.65. The fraction of sp³-hybridized carbons (Fsp3) is 0. The molecule has 0 aliphatic heterocycles. The number of carboxylic acids is 1. The lowest BCUT2D eigenvalue weighted by Crippen LogP contribution is -1.96. The summed E-state index contributed by atoms with van der Waals surface area (Å²) in [4.78, 5) is 10.5. The van der Waals surface area contributed by atoms with Crippen LogP contribution in [0.1, 0.15) is 15.9 Å². The highest BCUT2D eigenvalue weighted by Gasteiger charge is 2.04. The van der Waals surface area contributed by atoms with Crippen LogP contribution in [0.2, 0.25) is 5.02 Å². The summed E-state index contributed by atoms with van der Waals surface area (Å²) in [5, 5.41) is 8.98. The molecule has 0 bridgehead atoms. The lowest BCUT2D eigenvalue weighted by molar-refractivity contribution is 0.0697. The number of rotatable bonds is 1. The first-order valence-corrected chi connectivity index (χ1v) is 3.52. The highest BCUT2D eigenvalue weighted by molar-refractivity contribution is 6.31. The molecule has 0 atom stereocenters. The predicted octanol–water partition coefficient (Wildman–Crippen LogP) is 2.02. The summed E-state index contributed by atoms with van der Waals surface area (Å²) in [6.45, 7) is 0. The van der Waals surface area contributed by atoms with Crippen molar-refractivity contribution in [3.05, 3.63) is 34.3 Å². The molecule has 0 spiro atoms. The Morgan fingerprint density at radius 2 is 2.25 bits per heavy atom. The van der Waals surface area contributed by atoms with Gasteiger partial charge in [0.2, 0.25) is 0 Å². The van der Waals surface area contributed by atoms with Gasteiger partial charge in [-0.25, -0.2) is 4.79 Å². The third-order valence-corrected chi connectivity index (χ3v) is 1.70. The van der Waals surface area contributed by atoms with Gasteiger partial charge in [-0.1, -0.05) is 17.5 Å². The molecule has 1 N–H and O–H groups in total. The first-order valence-electron chi connectivity index (χ1n) is 3.14. The van der Waals surface area contributed by atoms with Crippen LogP contribution in [-0.4, -0.2) is 11.1 Å². The van der Waals surface area contributed by atoms with Crippen LogP contribution in [0.4, 0.5) is 0 Å². The van der Waals surface area contributed by atoms with Gasteiger partial charge < -0.3 is 5.11 Å². The van der Waals surface area contributed by atoms with Crippen LogP contribution in [0.25, 0.3) is 0 Å². The molecule has 0 fully saturated rings. The lowest BCUT2D eigenvalue weighted by Gasteiger charge is -1.97. The molecular formula is C9H5ClO2. The molecule has 1 aromatic rings. The number of aromatic carboxylic acids is 1. The molecule has 0 radical (unpaired) electrons. The van der Waals surface area contributed by atoms with E-state index in [1.165, 1.54) is 18.2 Å². The van der Waals surface area contributed by atoms with Crippen molar-refractivity contribution in [1.82, 2.24) is 0 Å². The number of terminal acetylenes is 1. The summed E-state index contributed by atoms with van der Waals surface area (Å²) in [6, 6.07) is 4.25. The van der Waals surface area contributed by atoms with Gasteiger partial charge in [-0.05, 0) is 18.2 Å². The molecule has 0 aliphatic carbocycles. The minimum atomic E-state index is -1.01. The molecule has 60 valence electrons. The summed E-state index contributed by atoms with van der Waals surface area (Å²) >= 11 is 5.67. The van der Waals surface area contributed by atoms with E-state index in [1.54, 1.807) is 0 Å². The van der Waals surface area contributed by atoms with Crippen molar-refractivity contribution in [2.24, 2.45) is 0 Å². The smallest absolute Gasteiger partial charge is 0.335 e. The molecule has 0 saturated heterocycles. The zero-order chi connectivity index (χ0) is 9.14. The van der Waals surface area contributed by atoms with E-state index in [1.807, 2.05) is 0 Å². The third kappa shape index (κ3) is 1.58. The summed E-state index contributed by atoms with van der Waals surface area (Å²) < 4.78 is 0. The molecule has 1 aromatic carbocycles. The second-order valence-electron chi connectivity index (χ2n) is 2.14. The van der Waals surface area contributed by atoms with Crippen LogP contribution in [0, 0.1) is 12.3 Å². The minimum Gasteiger partial charge on any atom is -0.478 e. The molecule has 0 heterocycles. The summed E-state index contributed by atoms with van der Waals surface area (Å²) in [5.74, 6) is 1.28. The molecule has 2 nitrogen and oxygen atoms in total. The van der Waals surface area contributed by atoms with Gasteiger partial charge in [0, 0.05) is 5.56 Å². The van der Waals surface area contributed by atoms with Gasteiger partial charge in [-0.2, -0.15) is 0 Å². The van der Waals surface area contributed by atoms with Gasteiger partial charge in [0.05, 0.1) is 10.6 Å². The van der Waals surface area contributed by atoms with Crippen LogP contribution < -0.4 is 0 Å². The monoisotopic (exact) mass is 180 g/mol. The maximum absolute atomic E-state index is 10.5. The highest BCUT2D eigenvalue weighted by atomic mass is 35.5. The second-order valence-corrected chi connectivity index (χ2v) is 2.55. The molecule has 12 heavy (non-hydrogen) atoms. The quantitative estimate of drug-likeness (QED) is 0.672. The number of halogens is 1. The molecule has 0 amide bonds. The van der Waals surface area contributed by atoms with E-state index >= 15 is 0 Å². The zero-order valence-electron chi connectivity index (χ0n) is 6.04. The first kappa shape index (κ1) is 8.63. The fourth-order valence-corrected chi connectivity index (χ4v) is 0.941. The number of carbonyl (C=O) groups is 1. The number of benzene rings is 1. The van der Waals surface area contributed by atoms with Crippen molar-refractivity contribution in [3.63, 3.8) is 0 Å². The average Bonchev–Trinajstić information content (AvgIpc) is 2.05. The Bertz CT molecular complexity index is 363. The van der Waals surface area contributed by atoms with Gasteiger partial charge >= 0.3 is 5.97 Å². The van der Waals surface area contributed by atoms with Crippen molar-refractivity contribution >= 4 is 17.6 Å². The normalized spacial score (nSPS) is 9.00. The van der Waals surface area contributed by atoms with Crippen molar-refractivity contribution < 1.29 is 9.90 Å². The van der Waals surface area contributed by atoms with Crippen molar-refractivity contribution in [2.75, 3.05) is 0 Å². The highest BCUT2D eigenvalue weighted by Crippen LogP contribution is 2.16. The standard InChI is InChI=1S/C9H5ClO2/c1-2-6-5-7(9(11)12)3-4-8(6)10/h1,3-5H,(H,11,12). The third-order valence-electron chi connectivity index (χ3n) is 1.37. The van der Waals surface area contributed by atoms with Gasteiger partial charge in [-0.15, -0.1) is 6.42 Å². The van der Waals surface area contributed by atoms with E-state index in [-0.39, 0.29) is 5.56 Å². The Hall–Kier alpha value is -1.46. The molecule has 0 aromatic heterocycles. The number of hydrogen-bond donors (Lipinski definition) is 1. The number of carboxylic acid groups (broad SMARTS) is 1. The van der Waals surface area contributed by atoms with Crippen LogP contribution in [0.5, 0.6) is 0 Å². The van der Waals surface area contributed by atoms with Gasteiger partial charge in [-0.3, -0.25) is 0 Å². The molecular weight excluding hydrogens is 176 g/mol. The summed E-state index contributed by atoms with van der Waals surface area (Å²) in [5.41, 5.74) is 0.545. The summed E-state index contributed by atoms with van der Waals surface area (Å²) in [7, 11) is 0. The molecule has 0 unspecified atom stereocenters. The fourth-order valence-electron chi connectivity index (χ4n) is 0.769. The molecule has 0 saturated carbocycles. The van der Waals surface area contributed by atoms with Crippen molar-refractivity contribution in [2.45, 2.75) is 0 Å². The molecule has 1 rings (SSSR count). The van der Waals surface area contributed by atoms with Gasteiger partial charge in [0.15, 0.2) is 0 Å². The van der Waals surface area contributed by atoms with Gasteiger partial charge in [0.25, 0.3) is 0 Å². The Morgan fingerprint density at radius 3 is 2.75 bits per heavy atom. The largest absolute Gasteiger partial charge is 0.478 e. The Morgan fingerprint density at radius 1 is 1.58 bits per heavy atom. The minimum absolute atomic E-state index is 0.146. The zero-order valence-corrected chi connectivity index (χ0v) is 6.80. The topological polar surface area (TPSA) is 37.3 Å². The summed E-state index contributed by atoms with van der Waals surface area (Å²) in [6.07, 6.45) is 5.09. The maximum atomic E-state index is 10.5. The van der Waals surface area contributed by atoms with Crippen LogP contribution in [0.3, 0.4) is 0 Å². The molecule has 3 heteroatoms. The lowest BCUT2D eigenvalue weighted by atomic mass is 10.1. The number of hydrogen-bond acceptors (Lipinski definition) is 1. The van der Waals surface area contributed by atoms with Gasteiger partial charge in [0.1, 0.15) is 0 Å². The van der Waals surface area contributed by atoms with Crippen molar-refractivity contribution in [1.29, 1.82) is 0 Å². The van der Waals surface area contributed by atoms with E-state index in [2.05, 4.69) is 5.92 Å². The predicted molar refractivity (Wildman–Crippen MR) is 46.3 cm³/mol. The average molecular weight is 181 g/mol. The van der Waals surface area contributed by atoms with E-state index in [0.717, 1.165) is 0 Å². The Labute approximate surface area is 74.8 Å². The maximum Gasteiger partial charge on any atom is 0.335 e. The SMILES string of the molecule is C#Cc1cc(C(=O)O)ccc1Cl. The van der Waals surface area contributed by atoms with Crippen LogP contribution >= 0.6 is 11.6 Å². The second kappa shape index (κ2) is 3.29. The van der Waals surface area contributed by atoms with E-state index in [4.69, 9.17) is 23.1 Å².